The molecule has 1 unspecified atom stereocenters. The fraction of sp³-hybridized carbons (Fsp3) is 0.857. The van der Waals surface area contributed by atoms with E-state index in [0.29, 0.717) is 11.3 Å². The maximum absolute atomic E-state index is 4.45. The van der Waals surface area contributed by atoms with E-state index in [2.05, 4.69) is 36.3 Å². The SMILES string of the molecule is CCNCCc1nnc(C2CCCCC2(C)C)s1. The molecule has 0 aromatic carbocycles. The molecule has 1 N–H and O–H groups in total. The van der Waals surface area contributed by atoms with Crippen LogP contribution >= 0.6 is 11.3 Å². The van der Waals surface area contributed by atoms with Crippen molar-refractivity contribution < 1.29 is 0 Å². The second-order valence-corrected chi connectivity index (χ2v) is 7.02. The van der Waals surface area contributed by atoms with Crippen LogP contribution in [0.5, 0.6) is 0 Å². The van der Waals surface area contributed by atoms with Crippen molar-refractivity contribution in [3.8, 4) is 0 Å². The number of nitrogens with zero attached hydrogens (tertiary/aromatic N) is 2. The molecule has 3 nitrogen and oxygen atoms in total. The molecule has 102 valence electrons. The summed E-state index contributed by atoms with van der Waals surface area (Å²) >= 11 is 1.83. The lowest BCUT2D eigenvalue weighted by atomic mass is 9.69. The van der Waals surface area contributed by atoms with Crippen molar-refractivity contribution >= 4 is 11.3 Å². The van der Waals surface area contributed by atoms with Crippen molar-refractivity contribution in [2.45, 2.75) is 58.8 Å². The zero-order valence-corrected chi connectivity index (χ0v) is 12.6. The Morgan fingerprint density at radius 3 is 2.89 bits per heavy atom. The van der Waals surface area contributed by atoms with E-state index in [4.69, 9.17) is 0 Å². The number of aromatic nitrogens is 2. The van der Waals surface area contributed by atoms with Crippen LogP contribution in [0.4, 0.5) is 0 Å². The number of likely N-dealkylation sites (N-methyl/N-ethyl adjacent to an activating group) is 1. The summed E-state index contributed by atoms with van der Waals surface area (Å²) in [6.07, 6.45) is 6.34. The van der Waals surface area contributed by atoms with Crippen molar-refractivity contribution in [1.82, 2.24) is 15.5 Å². The van der Waals surface area contributed by atoms with E-state index in [0.717, 1.165) is 19.5 Å². The molecule has 1 aromatic heterocycles. The van der Waals surface area contributed by atoms with Crippen molar-refractivity contribution in [3.05, 3.63) is 10.0 Å². The Morgan fingerprint density at radius 1 is 1.33 bits per heavy atom. The van der Waals surface area contributed by atoms with Gasteiger partial charge in [-0.2, -0.15) is 0 Å². The zero-order valence-electron chi connectivity index (χ0n) is 11.8. The topological polar surface area (TPSA) is 37.8 Å². The van der Waals surface area contributed by atoms with Crippen LogP contribution in [0.3, 0.4) is 0 Å². The Kier molecular flexibility index (Phi) is 4.73. The van der Waals surface area contributed by atoms with Gasteiger partial charge in [0, 0.05) is 18.9 Å². The molecular formula is C14H25N3S. The fourth-order valence-electron chi connectivity index (χ4n) is 2.83. The molecule has 0 saturated heterocycles. The molecule has 1 fully saturated rings. The molecule has 1 heterocycles. The highest BCUT2D eigenvalue weighted by Gasteiger charge is 2.35. The normalized spacial score (nSPS) is 23.2. The van der Waals surface area contributed by atoms with Crippen molar-refractivity contribution in [1.29, 1.82) is 0 Å². The van der Waals surface area contributed by atoms with Gasteiger partial charge in [0.2, 0.25) is 0 Å². The summed E-state index contributed by atoms with van der Waals surface area (Å²) in [5.74, 6) is 0.622. The fourth-order valence-corrected chi connectivity index (χ4v) is 4.02. The van der Waals surface area contributed by atoms with Crippen LogP contribution in [0.1, 0.15) is 62.4 Å². The Morgan fingerprint density at radius 2 is 2.17 bits per heavy atom. The maximum Gasteiger partial charge on any atom is 0.121 e. The third-order valence-corrected chi connectivity index (χ3v) is 5.15. The van der Waals surface area contributed by atoms with Gasteiger partial charge in [-0.15, -0.1) is 21.5 Å². The summed E-state index contributed by atoms with van der Waals surface area (Å²) in [4.78, 5) is 0. The largest absolute Gasteiger partial charge is 0.317 e. The molecular weight excluding hydrogens is 242 g/mol. The average molecular weight is 267 g/mol. The van der Waals surface area contributed by atoms with Gasteiger partial charge in [0.05, 0.1) is 0 Å². The van der Waals surface area contributed by atoms with Gasteiger partial charge in [-0.1, -0.05) is 33.6 Å². The Hall–Kier alpha value is -0.480. The van der Waals surface area contributed by atoms with E-state index < -0.39 is 0 Å². The average Bonchev–Trinajstić information content (AvgIpc) is 2.77. The van der Waals surface area contributed by atoms with Crippen LogP contribution < -0.4 is 5.32 Å². The minimum absolute atomic E-state index is 0.400. The van der Waals surface area contributed by atoms with Crippen LogP contribution in [-0.4, -0.2) is 23.3 Å². The Balaban J connectivity index is 2.00. The Labute approximate surface area is 114 Å². The summed E-state index contributed by atoms with van der Waals surface area (Å²) in [7, 11) is 0. The van der Waals surface area contributed by atoms with E-state index in [1.807, 2.05) is 11.3 Å². The standard InChI is InChI=1S/C14H25N3S/c1-4-15-10-8-12-16-17-13(18-12)11-7-5-6-9-14(11,2)3/h11,15H,4-10H2,1-3H3. The number of nitrogens with one attached hydrogen (secondary N) is 1. The quantitative estimate of drug-likeness (QED) is 0.831. The summed E-state index contributed by atoms with van der Waals surface area (Å²) in [6.45, 7) is 8.95. The van der Waals surface area contributed by atoms with E-state index in [-0.39, 0.29) is 0 Å². The molecule has 0 radical (unpaired) electrons. The summed E-state index contributed by atoms with van der Waals surface area (Å²) in [6, 6.07) is 0. The number of hydrogen-bond donors (Lipinski definition) is 1. The second kappa shape index (κ2) is 6.11. The van der Waals surface area contributed by atoms with Crippen molar-refractivity contribution in [2.24, 2.45) is 5.41 Å². The summed E-state index contributed by atoms with van der Waals surface area (Å²) in [5, 5.41) is 14.6. The van der Waals surface area contributed by atoms with Gasteiger partial charge < -0.3 is 5.32 Å². The van der Waals surface area contributed by atoms with Gasteiger partial charge in [0.15, 0.2) is 0 Å². The molecule has 2 rings (SSSR count). The molecule has 0 aliphatic heterocycles. The van der Waals surface area contributed by atoms with E-state index in [9.17, 15) is 0 Å². The van der Waals surface area contributed by atoms with Crippen LogP contribution in [0.2, 0.25) is 0 Å². The minimum Gasteiger partial charge on any atom is -0.317 e. The highest BCUT2D eigenvalue weighted by molar-refractivity contribution is 7.11. The monoisotopic (exact) mass is 267 g/mol. The van der Waals surface area contributed by atoms with E-state index in [1.165, 1.54) is 35.7 Å². The molecule has 4 heteroatoms. The summed E-state index contributed by atoms with van der Waals surface area (Å²) in [5.41, 5.74) is 0.400. The molecule has 18 heavy (non-hydrogen) atoms. The van der Waals surface area contributed by atoms with Gasteiger partial charge in [-0.25, -0.2) is 0 Å². The first-order valence-corrected chi connectivity index (χ1v) is 7.98. The van der Waals surface area contributed by atoms with Crippen LogP contribution in [0.15, 0.2) is 0 Å². The summed E-state index contributed by atoms with van der Waals surface area (Å²) < 4.78 is 0. The lowest BCUT2D eigenvalue weighted by Gasteiger charge is -2.37. The van der Waals surface area contributed by atoms with E-state index in [1.54, 1.807) is 0 Å². The van der Waals surface area contributed by atoms with Crippen molar-refractivity contribution in [2.75, 3.05) is 13.1 Å². The zero-order chi connectivity index (χ0) is 13.0. The third kappa shape index (κ3) is 3.29. The predicted molar refractivity (Wildman–Crippen MR) is 77.1 cm³/mol. The highest BCUT2D eigenvalue weighted by atomic mass is 32.1. The minimum atomic E-state index is 0.400. The molecule has 1 saturated carbocycles. The second-order valence-electron chi connectivity index (χ2n) is 5.92. The van der Waals surface area contributed by atoms with Crippen LogP contribution in [0, 0.1) is 5.41 Å². The third-order valence-electron chi connectivity index (χ3n) is 4.05. The smallest absolute Gasteiger partial charge is 0.121 e. The van der Waals surface area contributed by atoms with Gasteiger partial charge in [0.25, 0.3) is 0 Å². The molecule has 1 aliphatic rings. The van der Waals surface area contributed by atoms with Gasteiger partial charge in [-0.05, 0) is 24.8 Å². The molecule has 1 atom stereocenters. The molecule has 0 spiro atoms. The van der Waals surface area contributed by atoms with E-state index >= 15 is 0 Å². The number of rotatable bonds is 5. The number of hydrogen-bond acceptors (Lipinski definition) is 4. The maximum atomic E-state index is 4.45. The first-order chi connectivity index (χ1) is 8.63. The van der Waals surface area contributed by atoms with Gasteiger partial charge in [-0.3, -0.25) is 0 Å². The molecule has 0 amide bonds. The first kappa shape index (κ1) is 13.9. The highest BCUT2D eigenvalue weighted by Crippen LogP contribution is 2.47. The van der Waals surface area contributed by atoms with Crippen molar-refractivity contribution in [3.63, 3.8) is 0 Å². The first-order valence-electron chi connectivity index (χ1n) is 7.16. The van der Waals surface area contributed by atoms with Crippen LogP contribution in [-0.2, 0) is 6.42 Å². The molecule has 0 bridgehead atoms. The van der Waals surface area contributed by atoms with Gasteiger partial charge >= 0.3 is 0 Å². The lowest BCUT2D eigenvalue weighted by Crippen LogP contribution is -2.25. The van der Waals surface area contributed by atoms with Crippen LogP contribution in [0.25, 0.3) is 0 Å². The predicted octanol–water partition coefficient (Wildman–Crippen LogP) is 3.37. The lowest BCUT2D eigenvalue weighted by molar-refractivity contribution is 0.198. The Bertz CT molecular complexity index is 373. The van der Waals surface area contributed by atoms with Gasteiger partial charge in [0.1, 0.15) is 10.0 Å². The molecule has 1 aromatic rings. The molecule has 1 aliphatic carbocycles.